The molecule has 5 nitrogen and oxygen atoms in total. The van der Waals surface area contributed by atoms with Crippen molar-refractivity contribution in [2.75, 3.05) is 6.54 Å². The van der Waals surface area contributed by atoms with Crippen LogP contribution in [-0.4, -0.2) is 38.7 Å². The van der Waals surface area contributed by atoms with Gasteiger partial charge in [-0.15, -0.1) is 10.2 Å². The van der Waals surface area contributed by atoms with Gasteiger partial charge in [0, 0.05) is 12.1 Å². The molecule has 3 rings (SSSR count). The van der Waals surface area contributed by atoms with Crippen LogP contribution < -0.4 is 0 Å². The molecule has 1 aliphatic heterocycles. The number of hydrogen-bond donors (Lipinski definition) is 0. The molecule has 2 aromatic rings. The van der Waals surface area contributed by atoms with Gasteiger partial charge in [0.15, 0.2) is 4.34 Å². The lowest BCUT2D eigenvalue weighted by molar-refractivity contribution is -0.127. The number of nitrogens with zero attached hydrogens (tertiary/aromatic N) is 3. The SMILES string of the molecule is Cc1nnc(SC2CCCCN(C(=O)c3ccc(F)cc3)C2=O)s1. The Morgan fingerprint density at radius 1 is 1.29 bits per heavy atom. The summed E-state index contributed by atoms with van der Waals surface area (Å²) in [6.45, 7) is 2.25. The first-order chi connectivity index (χ1) is 11.5. The molecule has 126 valence electrons. The van der Waals surface area contributed by atoms with E-state index in [2.05, 4.69) is 10.2 Å². The Labute approximate surface area is 147 Å². The molecule has 1 atom stereocenters. The standard InChI is InChI=1S/C16H16FN3O2S2/c1-10-18-19-16(23-10)24-13-4-2-3-9-20(15(13)22)14(21)11-5-7-12(17)8-6-11/h5-8,13H,2-4,9H2,1H3. The zero-order valence-electron chi connectivity index (χ0n) is 13.1. The maximum Gasteiger partial charge on any atom is 0.260 e. The van der Waals surface area contributed by atoms with E-state index in [4.69, 9.17) is 0 Å². The summed E-state index contributed by atoms with van der Waals surface area (Å²) >= 11 is 2.81. The second-order valence-electron chi connectivity index (χ2n) is 5.49. The zero-order chi connectivity index (χ0) is 17.1. The number of carbonyl (C=O) groups is 2. The number of rotatable bonds is 3. The highest BCUT2D eigenvalue weighted by atomic mass is 32.2. The fraction of sp³-hybridized carbons (Fsp3) is 0.375. The Morgan fingerprint density at radius 2 is 2.04 bits per heavy atom. The first kappa shape index (κ1) is 17.0. The van der Waals surface area contributed by atoms with E-state index in [9.17, 15) is 14.0 Å². The molecule has 0 bridgehead atoms. The zero-order valence-corrected chi connectivity index (χ0v) is 14.7. The van der Waals surface area contributed by atoms with Gasteiger partial charge in [0.2, 0.25) is 5.91 Å². The van der Waals surface area contributed by atoms with E-state index in [1.165, 1.54) is 52.3 Å². The second-order valence-corrected chi connectivity index (χ2v) is 8.12. The van der Waals surface area contributed by atoms with Crippen LogP contribution in [0.5, 0.6) is 0 Å². The quantitative estimate of drug-likeness (QED) is 0.781. The molecule has 1 aromatic heterocycles. The van der Waals surface area contributed by atoms with E-state index in [0.29, 0.717) is 18.5 Å². The number of aromatic nitrogens is 2. The molecule has 1 aliphatic rings. The summed E-state index contributed by atoms with van der Waals surface area (Å²) in [4.78, 5) is 26.7. The largest absolute Gasteiger partial charge is 0.278 e. The molecule has 0 spiro atoms. The average molecular weight is 365 g/mol. The molecule has 0 radical (unpaired) electrons. The van der Waals surface area contributed by atoms with Crippen LogP contribution in [-0.2, 0) is 4.79 Å². The Bertz CT molecular complexity index is 748. The summed E-state index contributed by atoms with van der Waals surface area (Å²) in [5, 5.41) is 8.51. The molecule has 0 saturated carbocycles. The van der Waals surface area contributed by atoms with Crippen molar-refractivity contribution in [2.24, 2.45) is 0 Å². The van der Waals surface area contributed by atoms with Gasteiger partial charge in [-0.3, -0.25) is 14.5 Å². The Kier molecular flexibility index (Phi) is 5.25. The van der Waals surface area contributed by atoms with Crippen LogP contribution in [0.1, 0.15) is 34.6 Å². The summed E-state index contributed by atoms with van der Waals surface area (Å²) in [6.07, 6.45) is 2.34. The van der Waals surface area contributed by atoms with Gasteiger partial charge in [-0.2, -0.15) is 0 Å². The maximum atomic E-state index is 13.0. The minimum Gasteiger partial charge on any atom is -0.278 e. The van der Waals surface area contributed by atoms with Crippen LogP contribution in [0.3, 0.4) is 0 Å². The smallest absolute Gasteiger partial charge is 0.260 e. The third kappa shape index (κ3) is 3.81. The van der Waals surface area contributed by atoms with Crippen LogP contribution in [0.4, 0.5) is 4.39 Å². The lowest BCUT2D eigenvalue weighted by Crippen LogP contribution is -2.41. The molecule has 1 fully saturated rings. The first-order valence-electron chi connectivity index (χ1n) is 7.62. The minimum absolute atomic E-state index is 0.209. The van der Waals surface area contributed by atoms with Crippen molar-refractivity contribution >= 4 is 34.9 Å². The van der Waals surface area contributed by atoms with Gasteiger partial charge in [-0.25, -0.2) is 4.39 Å². The predicted octanol–water partition coefficient (Wildman–Crippen LogP) is 3.30. The number of carbonyl (C=O) groups excluding carboxylic acids is 2. The van der Waals surface area contributed by atoms with Crippen molar-refractivity contribution in [3.63, 3.8) is 0 Å². The molecule has 2 heterocycles. The van der Waals surface area contributed by atoms with Crippen molar-refractivity contribution < 1.29 is 14.0 Å². The summed E-state index contributed by atoms with van der Waals surface area (Å²) in [5.74, 6) is -0.991. The van der Waals surface area contributed by atoms with Crippen molar-refractivity contribution in [2.45, 2.75) is 35.8 Å². The van der Waals surface area contributed by atoms with E-state index < -0.39 is 5.82 Å². The number of hydrogen-bond acceptors (Lipinski definition) is 6. The average Bonchev–Trinajstić information content (AvgIpc) is 2.89. The molecule has 8 heteroatoms. The number of benzene rings is 1. The molecule has 0 aliphatic carbocycles. The Morgan fingerprint density at radius 3 is 2.71 bits per heavy atom. The first-order valence-corrected chi connectivity index (χ1v) is 9.32. The number of imide groups is 1. The fourth-order valence-electron chi connectivity index (χ4n) is 2.51. The summed E-state index contributed by atoms with van der Waals surface area (Å²) < 4.78 is 13.8. The van der Waals surface area contributed by atoms with Crippen LogP contribution in [0.2, 0.25) is 0 Å². The third-order valence-electron chi connectivity index (χ3n) is 3.73. The highest BCUT2D eigenvalue weighted by molar-refractivity contribution is 8.02. The number of halogens is 1. The summed E-state index contributed by atoms with van der Waals surface area (Å²) in [7, 11) is 0. The van der Waals surface area contributed by atoms with Crippen LogP contribution >= 0.6 is 23.1 Å². The van der Waals surface area contributed by atoms with E-state index in [1.54, 1.807) is 0 Å². The van der Waals surface area contributed by atoms with Gasteiger partial charge in [-0.05, 0) is 44.0 Å². The van der Waals surface area contributed by atoms with Gasteiger partial charge in [0.1, 0.15) is 10.8 Å². The molecule has 1 unspecified atom stereocenters. The van der Waals surface area contributed by atoms with Crippen molar-refractivity contribution in [3.8, 4) is 0 Å². The van der Waals surface area contributed by atoms with Crippen molar-refractivity contribution in [3.05, 3.63) is 40.7 Å². The van der Waals surface area contributed by atoms with Gasteiger partial charge in [0.25, 0.3) is 5.91 Å². The number of thioether (sulfide) groups is 1. The summed E-state index contributed by atoms with van der Waals surface area (Å²) in [5.41, 5.74) is 0.321. The third-order valence-corrected chi connectivity index (χ3v) is 5.90. The lowest BCUT2D eigenvalue weighted by atomic mass is 10.2. The second kappa shape index (κ2) is 7.40. The highest BCUT2D eigenvalue weighted by Crippen LogP contribution is 2.32. The van der Waals surface area contributed by atoms with Gasteiger partial charge in [-0.1, -0.05) is 29.5 Å². The van der Waals surface area contributed by atoms with E-state index in [0.717, 1.165) is 22.2 Å². The van der Waals surface area contributed by atoms with E-state index in [-0.39, 0.29) is 17.1 Å². The molecule has 1 saturated heterocycles. The topological polar surface area (TPSA) is 63.2 Å². The van der Waals surface area contributed by atoms with Crippen LogP contribution in [0.15, 0.2) is 28.6 Å². The molecular formula is C16H16FN3O2S2. The van der Waals surface area contributed by atoms with Crippen molar-refractivity contribution in [1.29, 1.82) is 0 Å². The van der Waals surface area contributed by atoms with Gasteiger partial charge < -0.3 is 0 Å². The lowest BCUT2D eigenvalue weighted by Gasteiger charge is -2.22. The Hall–Kier alpha value is -1.80. The molecule has 1 aromatic carbocycles. The van der Waals surface area contributed by atoms with Gasteiger partial charge >= 0.3 is 0 Å². The Balaban J connectivity index is 1.78. The van der Waals surface area contributed by atoms with Crippen LogP contribution in [0, 0.1) is 12.7 Å². The van der Waals surface area contributed by atoms with Gasteiger partial charge in [0.05, 0.1) is 5.25 Å². The normalized spacial score (nSPS) is 18.5. The van der Waals surface area contributed by atoms with Crippen LogP contribution in [0.25, 0.3) is 0 Å². The van der Waals surface area contributed by atoms with E-state index in [1.807, 2.05) is 6.92 Å². The number of aryl methyl sites for hydroxylation is 1. The molecule has 2 amide bonds. The maximum absolute atomic E-state index is 13.0. The number of amides is 2. The number of likely N-dealkylation sites (tertiary alicyclic amines) is 1. The molecular weight excluding hydrogens is 349 g/mol. The minimum atomic E-state index is -0.409. The fourth-order valence-corrected chi connectivity index (χ4v) is 4.68. The monoisotopic (exact) mass is 365 g/mol. The summed E-state index contributed by atoms with van der Waals surface area (Å²) in [6, 6.07) is 5.27. The molecule has 24 heavy (non-hydrogen) atoms. The predicted molar refractivity (Wildman–Crippen MR) is 90.6 cm³/mol. The highest BCUT2D eigenvalue weighted by Gasteiger charge is 2.32. The van der Waals surface area contributed by atoms with Crippen molar-refractivity contribution in [1.82, 2.24) is 15.1 Å². The molecule has 0 N–H and O–H groups in total. The van der Waals surface area contributed by atoms with E-state index >= 15 is 0 Å².